The van der Waals surface area contributed by atoms with Gasteiger partial charge in [-0.2, -0.15) is 0 Å². The van der Waals surface area contributed by atoms with Crippen molar-refractivity contribution >= 4 is 35.2 Å². The molecule has 0 aromatic heterocycles. The Labute approximate surface area is 261 Å². The van der Waals surface area contributed by atoms with Crippen molar-refractivity contribution in [1.82, 2.24) is 9.80 Å². The molecule has 1 N–H and O–H groups in total. The molecular weight excluding hydrogens is 562 g/mol. The van der Waals surface area contributed by atoms with E-state index in [9.17, 15) is 19.5 Å². The number of thioether (sulfide) groups is 1. The van der Waals surface area contributed by atoms with E-state index in [-0.39, 0.29) is 41.5 Å². The standard InChI is InChI=1S/C34H49N3O5S/c1-7-13-24(6)35(18-8-2)33(41)30-34-23(5)22-27(43-34)28(29(34)32(40)37(30)20-11-12-21-38)31(39)36(19-9-3)25-14-16-26(17-15-25)42-10-4/h8-9,14-17,23-24,27-30,38H,2-3,7,10-13,18-22H2,1,4-6H3/t23?,24?,27-,28+,29-,30?,34?/m0/s1. The maximum atomic E-state index is 14.6. The second-order valence-corrected chi connectivity index (χ2v) is 13.6. The molecule has 3 heterocycles. The lowest BCUT2D eigenvalue weighted by molar-refractivity contribution is -0.144. The number of carbonyl (C=O) groups is 3. The zero-order valence-electron chi connectivity index (χ0n) is 26.2. The molecule has 3 amide bonds. The topological polar surface area (TPSA) is 90.4 Å². The van der Waals surface area contributed by atoms with Crippen molar-refractivity contribution in [1.29, 1.82) is 0 Å². The monoisotopic (exact) mass is 611 g/mol. The fourth-order valence-corrected chi connectivity index (χ4v) is 10.0. The van der Waals surface area contributed by atoms with Gasteiger partial charge in [-0.05, 0) is 69.7 Å². The Kier molecular flexibility index (Phi) is 11.0. The van der Waals surface area contributed by atoms with Crippen LogP contribution in [0.15, 0.2) is 49.6 Å². The molecule has 3 aliphatic rings. The Bertz CT molecular complexity index is 1180. The van der Waals surface area contributed by atoms with Gasteiger partial charge in [0.1, 0.15) is 11.8 Å². The second kappa shape index (κ2) is 14.3. The number of amides is 3. The van der Waals surface area contributed by atoms with Crippen molar-refractivity contribution in [3.05, 3.63) is 49.6 Å². The minimum absolute atomic E-state index is 0.000533. The maximum absolute atomic E-state index is 14.6. The smallest absolute Gasteiger partial charge is 0.247 e. The van der Waals surface area contributed by atoms with Crippen molar-refractivity contribution in [2.24, 2.45) is 17.8 Å². The number of hydrogen-bond donors (Lipinski definition) is 1. The molecular formula is C34H49N3O5S. The molecule has 8 nitrogen and oxygen atoms in total. The third kappa shape index (κ3) is 5.99. The van der Waals surface area contributed by atoms with E-state index >= 15 is 0 Å². The van der Waals surface area contributed by atoms with E-state index in [0.717, 1.165) is 30.7 Å². The van der Waals surface area contributed by atoms with Crippen molar-refractivity contribution in [2.75, 3.05) is 37.7 Å². The Hall–Kier alpha value is -2.78. The van der Waals surface area contributed by atoms with Gasteiger partial charge in [0.25, 0.3) is 0 Å². The molecule has 2 bridgehead atoms. The summed E-state index contributed by atoms with van der Waals surface area (Å²) < 4.78 is 4.91. The first-order chi connectivity index (χ1) is 20.7. The molecule has 1 spiro atoms. The molecule has 4 rings (SSSR count). The predicted octanol–water partition coefficient (Wildman–Crippen LogP) is 4.92. The highest BCUT2D eigenvalue weighted by Crippen LogP contribution is 2.69. The van der Waals surface area contributed by atoms with Crippen LogP contribution in [0.2, 0.25) is 0 Å². The molecule has 3 saturated heterocycles. The molecule has 1 aromatic carbocycles. The summed E-state index contributed by atoms with van der Waals surface area (Å²) in [5.74, 6) is -0.579. The van der Waals surface area contributed by atoms with Crippen LogP contribution in [0.25, 0.3) is 0 Å². The first-order valence-corrected chi connectivity index (χ1v) is 16.7. The average Bonchev–Trinajstić information content (AvgIpc) is 3.58. The van der Waals surface area contributed by atoms with Gasteiger partial charge in [-0.15, -0.1) is 24.9 Å². The number of aliphatic hydroxyl groups excluding tert-OH is 1. The number of carbonyl (C=O) groups excluding carboxylic acids is 3. The number of hydrogen-bond acceptors (Lipinski definition) is 6. The van der Waals surface area contributed by atoms with E-state index in [1.807, 2.05) is 36.1 Å². The van der Waals surface area contributed by atoms with Crippen LogP contribution >= 0.6 is 11.8 Å². The number of nitrogens with zero attached hydrogens (tertiary/aromatic N) is 3. The highest BCUT2D eigenvalue weighted by Gasteiger charge is 2.76. The largest absolute Gasteiger partial charge is 0.494 e. The molecule has 3 aliphatic heterocycles. The summed E-state index contributed by atoms with van der Waals surface area (Å²) in [6.07, 6.45) is 7.17. The molecule has 9 heteroatoms. The van der Waals surface area contributed by atoms with Gasteiger partial charge < -0.3 is 24.5 Å². The van der Waals surface area contributed by atoms with E-state index in [0.29, 0.717) is 39.1 Å². The molecule has 3 fully saturated rings. The summed E-state index contributed by atoms with van der Waals surface area (Å²) in [5, 5.41) is 9.45. The second-order valence-electron chi connectivity index (χ2n) is 12.1. The summed E-state index contributed by atoms with van der Waals surface area (Å²) in [5.41, 5.74) is 0.728. The summed E-state index contributed by atoms with van der Waals surface area (Å²) in [4.78, 5) is 49.0. The number of ether oxygens (including phenoxy) is 1. The van der Waals surface area contributed by atoms with Crippen LogP contribution in [0.1, 0.15) is 59.8 Å². The van der Waals surface area contributed by atoms with Gasteiger partial charge in [0, 0.05) is 43.2 Å². The molecule has 0 radical (unpaired) electrons. The van der Waals surface area contributed by atoms with Crippen LogP contribution in [0.4, 0.5) is 5.69 Å². The maximum Gasteiger partial charge on any atom is 0.247 e. The highest BCUT2D eigenvalue weighted by atomic mass is 32.2. The fourth-order valence-electron chi connectivity index (χ4n) is 7.59. The normalized spacial score (nSPS) is 28.0. The number of unbranched alkanes of at least 4 members (excludes halogenated alkanes) is 1. The van der Waals surface area contributed by atoms with Crippen LogP contribution in [-0.2, 0) is 14.4 Å². The van der Waals surface area contributed by atoms with E-state index in [4.69, 9.17) is 4.74 Å². The van der Waals surface area contributed by atoms with Gasteiger partial charge >= 0.3 is 0 Å². The summed E-state index contributed by atoms with van der Waals surface area (Å²) in [7, 11) is 0. The first-order valence-electron chi connectivity index (χ1n) is 15.9. The summed E-state index contributed by atoms with van der Waals surface area (Å²) in [6, 6.07) is 6.79. The zero-order chi connectivity index (χ0) is 31.3. The molecule has 0 saturated carbocycles. The molecule has 0 aliphatic carbocycles. The van der Waals surface area contributed by atoms with Crippen LogP contribution in [0.5, 0.6) is 5.75 Å². The summed E-state index contributed by atoms with van der Waals surface area (Å²) >= 11 is 1.70. The lowest BCUT2D eigenvalue weighted by Gasteiger charge is -2.42. The van der Waals surface area contributed by atoms with E-state index in [1.165, 1.54) is 0 Å². The predicted molar refractivity (Wildman–Crippen MR) is 173 cm³/mol. The number of anilines is 1. The lowest BCUT2D eigenvalue weighted by Crippen LogP contribution is -2.58. The molecule has 7 atom stereocenters. The number of benzene rings is 1. The Morgan fingerprint density at radius 1 is 1.16 bits per heavy atom. The van der Waals surface area contributed by atoms with Crippen molar-refractivity contribution < 1.29 is 24.2 Å². The van der Waals surface area contributed by atoms with Gasteiger partial charge in [0.05, 0.1) is 23.2 Å². The van der Waals surface area contributed by atoms with Gasteiger partial charge in [-0.3, -0.25) is 14.4 Å². The number of fused-ring (bicyclic) bond motifs is 1. The molecule has 1 aromatic rings. The first kappa shape index (κ1) is 33.1. The van der Waals surface area contributed by atoms with Crippen molar-refractivity contribution in [3.8, 4) is 5.75 Å². The van der Waals surface area contributed by atoms with Crippen LogP contribution in [-0.4, -0.2) is 87.6 Å². The Morgan fingerprint density at radius 2 is 1.86 bits per heavy atom. The summed E-state index contributed by atoms with van der Waals surface area (Å²) in [6.45, 7) is 17.7. The number of rotatable bonds is 16. The highest BCUT2D eigenvalue weighted by molar-refractivity contribution is 8.02. The number of aliphatic hydroxyl groups is 1. The van der Waals surface area contributed by atoms with Gasteiger partial charge in [-0.25, -0.2) is 0 Å². The Morgan fingerprint density at radius 3 is 2.47 bits per heavy atom. The lowest BCUT2D eigenvalue weighted by atomic mass is 9.65. The quantitative estimate of drug-likeness (QED) is 0.211. The Balaban J connectivity index is 1.75. The van der Waals surface area contributed by atoms with E-state index < -0.39 is 22.6 Å². The fraction of sp³-hybridized carbons (Fsp3) is 0.618. The molecule has 4 unspecified atom stereocenters. The number of likely N-dealkylation sites (tertiary alicyclic amines) is 1. The third-order valence-electron chi connectivity index (χ3n) is 9.46. The van der Waals surface area contributed by atoms with Crippen LogP contribution in [0.3, 0.4) is 0 Å². The minimum atomic E-state index is -0.692. The molecule has 236 valence electrons. The third-order valence-corrected chi connectivity index (χ3v) is 11.5. The van der Waals surface area contributed by atoms with Crippen LogP contribution in [0, 0.1) is 17.8 Å². The van der Waals surface area contributed by atoms with Crippen molar-refractivity contribution in [2.45, 2.75) is 81.9 Å². The van der Waals surface area contributed by atoms with Gasteiger partial charge in [0.15, 0.2) is 0 Å². The molecule has 43 heavy (non-hydrogen) atoms. The minimum Gasteiger partial charge on any atom is -0.494 e. The van der Waals surface area contributed by atoms with Crippen LogP contribution < -0.4 is 9.64 Å². The van der Waals surface area contributed by atoms with E-state index in [1.54, 1.807) is 33.7 Å². The van der Waals surface area contributed by atoms with Gasteiger partial charge in [-0.1, -0.05) is 32.4 Å². The van der Waals surface area contributed by atoms with Crippen molar-refractivity contribution in [3.63, 3.8) is 0 Å². The van der Waals surface area contributed by atoms with E-state index in [2.05, 4.69) is 33.9 Å². The SMILES string of the molecule is C=CCN(C(=O)[C@@H]1[C@@H]2CC(C)C3(S2)C(C(=O)N(CC=C)C(C)CCC)N(CCCCO)C(=O)[C@H]13)c1ccc(OCC)cc1. The average molecular weight is 612 g/mol. The van der Waals surface area contributed by atoms with Gasteiger partial charge in [0.2, 0.25) is 17.7 Å². The zero-order valence-corrected chi connectivity index (χ0v) is 27.1.